The van der Waals surface area contributed by atoms with Crippen molar-refractivity contribution in [3.63, 3.8) is 0 Å². The van der Waals surface area contributed by atoms with Crippen molar-refractivity contribution in [3.8, 4) is 10.4 Å². The van der Waals surface area contributed by atoms with Crippen molar-refractivity contribution in [1.82, 2.24) is 4.98 Å². The number of hydrogen-bond donors (Lipinski definition) is 2. The molecule has 1 aromatic carbocycles. The van der Waals surface area contributed by atoms with Gasteiger partial charge >= 0.3 is 0 Å². The number of anilines is 2. The highest BCUT2D eigenvalue weighted by Crippen LogP contribution is 2.33. The molecule has 0 saturated carbocycles. The molecule has 4 N–H and O–H groups in total. The highest BCUT2D eigenvalue weighted by atomic mass is 32.1. The van der Waals surface area contributed by atoms with Gasteiger partial charge in [0.15, 0.2) is 5.13 Å². The third kappa shape index (κ3) is 1.54. The zero-order valence-electron chi connectivity index (χ0n) is 7.20. The molecule has 0 radical (unpaired) electrons. The van der Waals surface area contributed by atoms with E-state index < -0.39 is 0 Å². The molecule has 2 aromatic rings. The Labute approximate surface area is 84.2 Å². The van der Waals surface area contributed by atoms with E-state index in [0.717, 1.165) is 10.4 Å². The average molecular weight is 209 g/mol. The summed E-state index contributed by atoms with van der Waals surface area (Å²) < 4.78 is 12.6. The van der Waals surface area contributed by atoms with Crippen LogP contribution in [0.4, 0.5) is 15.3 Å². The summed E-state index contributed by atoms with van der Waals surface area (Å²) in [5, 5.41) is 0.418. The molecule has 0 aliphatic heterocycles. The second-order valence-corrected chi connectivity index (χ2v) is 3.80. The number of hydrogen-bond acceptors (Lipinski definition) is 4. The Bertz CT molecular complexity index is 450. The number of aromatic nitrogens is 1. The third-order valence-corrected chi connectivity index (χ3v) is 2.73. The van der Waals surface area contributed by atoms with E-state index in [9.17, 15) is 4.39 Å². The lowest BCUT2D eigenvalue weighted by Gasteiger charge is -1.97. The van der Waals surface area contributed by atoms with Crippen LogP contribution in [-0.4, -0.2) is 4.98 Å². The molecule has 0 aliphatic carbocycles. The minimum Gasteiger partial charge on any atom is -0.382 e. The van der Waals surface area contributed by atoms with E-state index in [-0.39, 0.29) is 5.82 Å². The molecular weight excluding hydrogens is 201 g/mol. The standard InChI is InChI=1S/C9H8FN3S/c10-6-3-1-5(2-4-6)7-8(11)13-9(12)14-7/h1-4H,11H2,(H2,12,13). The van der Waals surface area contributed by atoms with Gasteiger partial charge < -0.3 is 11.5 Å². The smallest absolute Gasteiger partial charge is 0.182 e. The molecule has 0 bridgehead atoms. The Morgan fingerprint density at radius 2 is 1.79 bits per heavy atom. The lowest BCUT2D eigenvalue weighted by atomic mass is 10.2. The molecule has 0 fully saturated rings. The topological polar surface area (TPSA) is 64.9 Å². The van der Waals surface area contributed by atoms with Crippen LogP contribution in [-0.2, 0) is 0 Å². The van der Waals surface area contributed by atoms with Gasteiger partial charge in [-0.15, -0.1) is 0 Å². The van der Waals surface area contributed by atoms with Gasteiger partial charge in [0.1, 0.15) is 11.6 Å². The van der Waals surface area contributed by atoms with Crippen molar-refractivity contribution in [2.75, 3.05) is 11.5 Å². The number of nitrogens with two attached hydrogens (primary N) is 2. The van der Waals surface area contributed by atoms with Crippen LogP contribution in [0.25, 0.3) is 10.4 Å². The van der Waals surface area contributed by atoms with Crippen molar-refractivity contribution in [1.29, 1.82) is 0 Å². The second kappa shape index (κ2) is 3.26. The highest BCUT2D eigenvalue weighted by Gasteiger charge is 2.08. The van der Waals surface area contributed by atoms with Crippen LogP contribution in [0.5, 0.6) is 0 Å². The van der Waals surface area contributed by atoms with Crippen LogP contribution in [0.1, 0.15) is 0 Å². The van der Waals surface area contributed by atoms with Gasteiger partial charge in [0.25, 0.3) is 0 Å². The van der Waals surface area contributed by atoms with Gasteiger partial charge in [-0.2, -0.15) is 0 Å². The zero-order chi connectivity index (χ0) is 10.1. The first kappa shape index (κ1) is 8.96. The van der Waals surface area contributed by atoms with Crippen LogP contribution < -0.4 is 11.5 Å². The molecule has 2 rings (SSSR count). The number of nitrogen functional groups attached to an aromatic ring is 2. The number of thiazole rings is 1. The van der Waals surface area contributed by atoms with Gasteiger partial charge in [-0.25, -0.2) is 9.37 Å². The van der Waals surface area contributed by atoms with E-state index in [1.165, 1.54) is 23.5 Å². The predicted molar refractivity (Wildman–Crippen MR) is 56.3 cm³/mol. The average Bonchev–Trinajstić information content (AvgIpc) is 2.47. The number of nitrogens with zero attached hydrogens (tertiary/aromatic N) is 1. The molecule has 1 heterocycles. The van der Waals surface area contributed by atoms with E-state index >= 15 is 0 Å². The molecular formula is C9H8FN3S. The van der Waals surface area contributed by atoms with Crippen molar-refractivity contribution >= 4 is 22.3 Å². The second-order valence-electron chi connectivity index (χ2n) is 2.77. The van der Waals surface area contributed by atoms with Crippen molar-refractivity contribution < 1.29 is 4.39 Å². The number of halogens is 1. The first-order valence-electron chi connectivity index (χ1n) is 3.94. The fraction of sp³-hybridized carbons (Fsp3) is 0. The minimum atomic E-state index is -0.273. The maximum atomic E-state index is 12.6. The van der Waals surface area contributed by atoms with Crippen LogP contribution in [0.2, 0.25) is 0 Å². The van der Waals surface area contributed by atoms with Gasteiger partial charge in [0.2, 0.25) is 0 Å². The maximum Gasteiger partial charge on any atom is 0.182 e. The molecule has 5 heteroatoms. The summed E-state index contributed by atoms with van der Waals surface area (Å²) >= 11 is 1.29. The molecule has 0 unspecified atom stereocenters. The molecule has 14 heavy (non-hydrogen) atoms. The van der Waals surface area contributed by atoms with Crippen LogP contribution in [0, 0.1) is 5.82 Å². The van der Waals surface area contributed by atoms with Crippen LogP contribution in [0.3, 0.4) is 0 Å². The van der Waals surface area contributed by atoms with Gasteiger partial charge in [-0.3, -0.25) is 0 Å². The summed E-state index contributed by atoms with van der Waals surface area (Å²) in [6, 6.07) is 6.06. The number of rotatable bonds is 1. The zero-order valence-corrected chi connectivity index (χ0v) is 8.01. The summed E-state index contributed by atoms with van der Waals surface area (Å²) in [5.74, 6) is 0.115. The Morgan fingerprint density at radius 1 is 1.14 bits per heavy atom. The molecule has 0 atom stereocenters. The van der Waals surface area contributed by atoms with Crippen molar-refractivity contribution in [3.05, 3.63) is 30.1 Å². The van der Waals surface area contributed by atoms with Gasteiger partial charge in [-0.1, -0.05) is 23.5 Å². The quantitative estimate of drug-likeness (QED) is 0.756. The van der Waals surface area contributed by atoms with Gasteiger partial charge in [0, 0.05) is 0 Å². The van der Waals surface area contributed by atoms with Crippen molar-refractivity contribution in [2.24, 2.45) is 0 Å². The monoisotopic (exact) mass is 209 g/mol. The van der Waals surface area contributed by atoms with E-state index in [1.807, 2.05) is 0 Å². The number of benzene rings is 1. The van der Waals surface area contributed by atoms with Crippen LogP contribution in [0.15, 0.2) is 24.3 Å². The third-order valence-electron chi connectivity index (χ3n) is 1.78. The molecule has 0 amide bonds. The van der Waals surface area contributed by atoms with E-state index in [4.69, 9.17) is 11.5 Å². The molecule has 0 aliphatic rings. The SMILES string of the molecule is Nc1nc(N)c(-c2ccc(F)cc2)s1. The summed E-state index contributed by atoms with van der Waals surface area (Å²) in [7, 11) is 0. The summed E-state index contributed by atoms with van der Waals surface area (Å²) in [5.41, 5.74) is 12.0. The first-order valence-corrected chi connectivity index (χ1v) is 4.76. The first-order chi connectivity index (χ1) is 6.66. The molecule has 72 valence electrons. The maximum absolute atomic E-state index is 12.6. The van der Waals surface area contributed by atoms with E-state index in [1.54, 1.807) is 12.1 Å². The Morgan fingerprint density at radius 3 is 2.29 bits per heavy atom. The lowest BCUT2D eigenvalue weighted by Crippen LogP contribution is -1.88. The fourth-order valence-electron chi connectivity index (χ4n) is 1.16. The van der Waals surface area contributed by atoms with Crippen LogP contribution >= 0.6 is 11.3 Å². The molecule has 0 spiro atoms. The lowest BCUT2D eigenvalue weighted by molar-refractivity contribution is 0.628. The summed E-state index contributed by atoms with van der Waals surface area (Å²) in [4.78, 5) is 4.67. The summed E-state index contributed by atoms with van der Waals surface area (Å²) in [6.07, 6.45) is 0. The van der Waals surface area contributed by atoms with Gasteiger partial charge in [0.05, 0.1) is 4.88 Å². The predicted octanol–water partition coefficient (Wildman–Crippen LogP) is 2.11. The highest BCUT2D eigenvalue weighted by molar-refractivity contribution is 7.19. The Kier molecular flexibility index (Phi) is 2.09. The molecule has 3 nitrogen and oxygen atoms in total. The molecule has 0 saturated heterocycles. The van der Waals surface area contributed by atoms with Gasteiger partial charge in [-0.05, 0) is 17.7 Å². The Hall–Kier alpha value is -1.62. The van der Waals surface area contributed by atoms with E-state index in [2.05, 4.69) is 4.98 Å². The Balaban J connectivity index is 2.49. The van der Waals surface area contributed by atoms with Crippen molar-refractivity contribution in [2.45, 2.75) is 0 Å². The normalized spacial score (nSPS) is 10.4. The minimum absolute atomic E-state index is 0.273. The largest absolute Gasteiger partial charge is 0.382 e. The summed E-state index contributed by atoms with van der Waals surface area (Å²) in [6.45, 7) is 0. The fourth-order valence-corrected chi connectivity index (χ4v) is 1.91. The molecule has 1 aromatic heterocycles. The van der Waals surface area contributed by atoms with E-state index in [0.29, 0.717) is 10.9 Å².